The number of carbonyl (C=O) groups is 1. The SMILES string of the molecule is COc1ccc(CC(=O)[C@@H]2COC3(CCCCC3)O2)cc1. The zero-order chi connectivity index (χ0) is 14.7. The minimum atomic E-state index is -0.474. The van der Waals surface area contributed by atoms with E-state index in [0.717, 1.165) is 37.0 Å². The van der Waals surface area contributed by atoms with Crippen LogP contribution < -0.4 is 4.74 Å². The topological polar surface area (TPSA) is 44.8 Å². The lowest BCUT2D eigenvalue weighted by Crippen LogP contribution is -2.35. The average molecular weight is 290 g/mol. The summed E-state index contributed by atoms with van der Waals surface area (Å²) in [5, 5.41) is 0. The van der Waals surface area contributed by atoms with Gasteiger partial charge >= 0.3 is 0 Å². The zero-order valence-corrected chi connectivity index (χ0v) is 12.5. The third-order valence-corrected chi connectivity index (χ3v) is 4.37. The number of hydrogen-bond donors (Lipinski definition) is 0. The van der Waals surface area contributed by atoms with Gasteiger partial charge in [0.15, 0.2) is 11.6 Å². The monoisotopic (exact) mass is 290 g/mol. The summed E-state index contributed by atoms with van der Waals surface area (Å²) in [5.41, 5.74) is 0.981. The fraction of sp³-hybridized carbons (Fsp3) is 0.588. The molecule has 0 aromatic heterocycles. The van der Waals surface area contributed by atoms with E-state index < -0.39 is 11.9 Å². The lowest BCUT2D eigenvalue weighted by atomic mass is 9.94. The molecule has 1 spiro atoms. The molecule has 1 saturated carbocycles. The molecule has 21 heavy (non-hydrogen) atoms. The van der Waals surface area contributed by atoms with Crippen molar-refractivity contribution in [3.8, 4) is 5.75 Å². The van der Waals surface area contributed by atoms with Crippen LogP contribution in [0.2, 0.25) is 0 Å². The number of ketones is 1. The molecule has 1 aromatic carbocycles. The molecular weight excluding hydrogens is 268 g/mol. The van der Waals surface area contributed by atoms with Crippen molar-refractivity contribution in [1.29, 1.82) is 0 Å². The van der Waals surface area contributed by atoms with E-state index in [2.05, 4.69) is 0 Å². The van der Waals surface area contributed by atoms with Crippen LogP contribution in [0, 0.1) is 0 Å². The van der Waals surface area contributed by atoms with Gasteiger partial charge in [-0.2, -0.15) is 0 Å². The molecule has 1 atom stereocenters. The van der Waals surface area contributed by atoms with Crippen molar-refractivity contribution in [3.63, 3.8) is 0 Å². The Labute approximate surface area is 125 Å². The first-order valence-electron chi connectivity index (χ1n) is 7.68. The highest BCUT2D eigenvalue weighted by atomic mass is 16.7. The minimum absolute atomic E-state index is 0.0996. The molecule has 4 nitrogen and oxygen atoms in total. The van der Waals surface area contributed by atoms with Gasteiger partial charge in [0, 0.05) is 19.3 Å². The Kier molecular flexibility index (Phi) is 4.27. The third kappa shape index (κ3) is 3.27. The highest BCUT2D eigenvalue weighted by molar-refractivity contribution is 5.85. The molecule has 3 rings (SSSR count). The predicted octanol–water partition coefficient (Wildman–Crippen LogP) is 2.88. The fourth-order valence-electron chi connectivity index (χ4n) is 3.12. The van der Waals surface area contributed by atoms with E-state index in [9.17, 15) is 4.79 Å². The quantitative estimate of drug-likeness (QED) is 0.855. The molecule has 1 heterocycles. The summed E-state index contributed by atoms with van der Waals surface area (Å²) in [5.74, 6) is 0.425. The van der Waals surface area contributed by atoms with E-state index in [1.165, 1.54) is 6.42 Å². The van der Waals surface area contributed by atoms with E-state index in [4.69, 9.17) is 14.2 Å². The van der Waals surface area contributed by atoms with E-state index in [0.29, 0.717) is 13.0 Å². The van der Waals surface area contributed by atoms with Gasteiger partial charge in [-0.25, -0.2) is 0 Å². The van der Waals surface area contributed by atoms with Crippen molar-refractivity contribution in [2.24, 2.45) is 0 Å². The number of hydrogen-bond acceptors (Lipinski definition) is 4. The summed E-state index contributed by atoms with van der Waals surface area (Å²) in [6, 6.07) is 7.58. The Morgan fingerprint density at radius 2 is 1.95 bits per heavy atom. The second kappa shape index (κ2) is 6.16. The largest absolute Gasteiger partial charge is 0.497 e. The van der Waals surface area contributed by atoms with Gasteiger partial charge < -0.3 is 14.2 Å². The molecule has 2 aliphatic rings. The molecule has 0 unspecified atom stereocenters. The van der Waals surface area contributed by atoms with Gasteiger partial charge in [-0.1, -0.05) is 18.6 Å². The van der Waals surface area contributed by atoms with Gasteiger partial charge in [0.2, 0.25) is 0 Å². The van der Waals surface area contributed by atoms with E-state index >= 15 is 0 Å². The maximum atomic E-state index is 12.4. The predicted molar refractivity (Wildman–Crippen MR) is 78.3 cm³/mol. The molecule has 1 aromatic rings. The minimum Gasteiger partial charge on any atom is -0.497 e. The molecule has 0 amide bonds. The van der Waals surface area contributed by atoms with Crippen LogP contribution >= 0.6 is 0 Å². The molecule has 1 saturated heterocycles. The van der Waals surface area contributed by atoms with Crippen LogP contribution in [-0.4, -0.2) is 31.4 Å². The van der Waals surface area contributed by atoms with Gasteiger partial charge in [0.05, 0.1) is 13.7 Å². The standard InChI is InChI=1S/C17H22O4/c1-19-14-7-5-13(6-8-14)11-15(18)16-12-20-17(21-16)9-3-2-4-10-17/h5-8,16H,2-4,9-12H2,1H3/t16-/m0/s1. The van der Waals surface area contributed by atoms with Gasteiger partial charge in [-0.3, -0.25) is 4.79 Å². The van der Waals surface area contributed by atoms with Crippen LogP contribution in [0.25, 0.3) is 0 Å². The molecule has 1 aliphatic heterocycles. The van der Waals surface area contributed by atoms with E-state index in [-0.39, 0.29) is 5.78 Å². The summed E-state index contributed by atoms with van der Waals surface area (Å²) in [6.45, 7) is 0.398. The number of Topliss-reactive ketones (excluding diaryl/α,β-unsaturated/α-hetero) is 1. The van der Waals surface area contributed by atoms with Crippen molar-refractivity contribution >= 4 is 5.78 Å². The lowest BCUT2D eigenvalue weighted by molar-refractivity contribution is -0.188. The molecule has 4 heteroatoms. The van der Waals surface area contributed by atoms with Crippen LogP contribution in [0.1, 0.15) is 37.7 Å². The normalized spacial score (nSPS) is 24.1. The fourth-order valence-corrected chi connectivity index (χ4v) is 3.12. The molecule has 2 fully saturated rings. The van der Waals surface area contributed by atoms with Crippen molar-refractivity contribution in [1.82, 2.24) is 0 Å². The van der Waals surface area contributed by atoms with Crippen LogP contribution in [-0.2, 0) is 20.7 Å². The van der Waals surface area contributed by atoms with Crippen molar-refractivity contribution in [3.05, 3.63) is 29.8 Å². The van der Waals surface area contributed by atoms with Crippen molar-refractivity contribution in [2.75, 3.05) is 13.7 Å². The van der Waals surface area contributed by atoms with Crippen LogP contribution in [0.3, 0.4) is 0 Å². The van der Waals surface area contributed by atoms with Gasteiger partial charge in [-0.05, 0) is 30.5 Å². The molecule has 1 aliphatic carbocycles. The maximum Gasteiger partial charge on any atom is 0.169 e. The number of carbonyl (C=O) groups excluding carboxylic acids is 1. The Morgan fingerprint density at radius 3 is 2.62 bits per heavy atom. The second-order valence-corrected chi connectivity index (χ2v) is 5.88. The Balaban J connectivity index is 1.58. The maximum absolute atomic E-state index is 12.4. The lowest BCUT2D eigenvalue weighted by Gasteiger charge is -2.31. The summed E-state index contributed by atoms with van der Waals surface area (Å²) in [6.07, 6.45) is 5.29. The summed E-state index contributed by atoms with van der Waals surface area (Å²) in [7, 11) is 1.63. The van der Waals surface area contributed by atoms with Gasteiger partial charge in [0.25, 0.3) is 0 Å². The molecule has 0 N–H and O–H groups in total. The smallest absolute Gasteiger partial charge is 0.169 e. The Bertz CT molecular complexity index is 488. The van der Waals surface area contributed by atoms with E-state index in [1.807, 2.05) is 24.3 Å². The number of rotatable bonds is 4. The number of benzene rings is 1. The van der Waals surface area contributed by atoms with Crippen molar-refractivity contribution in [2.45, 2.75) is 50.4 Å². The van der Waals surface area contributed by atoms with Crippen LogP contribution in [0.4, 0.5) is 0 Å². The molecular formula is C17H22O4. The van der Waals surface area contributed by atoms with Crippen molar-refractivity contribution < 1.29 is 19.0 Å². The number of ether oxygens (including phenoxy) is 3. The zero-order valence-electron chi connectivity index (χ0n) is 12.5. The summed E-state index contributed by atoms with van der Waals surface area (Å²) >= 11 is 0. The Morgan fingerprint density at radius 1 is 1.24 bits per heavy atom. The Hall–Kier alpha value is -1.39. The van der Waals surface area contributed by atoms with Gasteiger partial charge in [-0.15, -0.1) is 0 Å². The average Bonchev–Trinajstić information content (AvgIpc) is 2.92. The molecule has 0 bridgehead atoms. The molecule has 0 radical (unpaired) electrons. The van der Waals surface area contributed by atoms with Crippen LogP contribution in [0.5, 0.6) is 5.75 Å². The number of methoxy groups -OCH3 is 1. The van der Waals surface area contributed by atoms with Gasteiger partial charge in [0.1, 0.15) is 11.9 Å². The highest BCUT2D eigenvalue weighted by Crippen LogP contribution is 2.38. The second-order valence-electron chi connectivity index (χ2n) is 5.88. The van der Waals surface area contributed by atoms with E-state index in [1.54, 1.807) is 7.11 Å². The first-order valence-corrected chi connectivity index (χ1v) is 7.68. The first-order chi connectivity index (χ1) is 10.2. The highest BCUT2D eigenvalue weighted by Gasteiger charge is 2.44. The van der Waals surface area contributed by atoms with Crippen LogP contribution in [0.15, 0.2) is 24.3 Å². The first kappa shape index (κ1) is 14.5. The summed E-state index contributed by atoms with van der Waals surface area (Å²) in [4.78, 5) is 12.4. The summed E-state index contributed by atoms with van der Waals surface area (Å²) < 4.78 is 16.9. The molecule has 114 valence electrons. The third-order valence-electron chi connectivity index (χ3n) is 4.37.